The van der Waals surface area contributed by atoms with Gasteiger partial charge in [0.15, 0.2) is 0 Å². The third-order valence-corrected chi connectivity index (χ3v) is 5.43. The van der Waals surface area contributed by atoms with Crippen LogP contribution in [0.15, 0.2) is 60.9 Å². The van der Waals surface area contributed by atoms with Gasteiger partial charge in [-0.2, -0.15) is 0 Å². The Bertz CT molecular complexity index is 1040. The third kappa shape index (κ3) is 3.66. The molecule has 2 heterocycles. The number of carbonyl (C=O) groups is 2. The molecule has 0 bridgehead atoms. The number of aromatic nitrogens is 2. The van der Waals surface area contributed by atoms with Crippen molar-refractivity contribution in [2.45, 2.75) is 19.9 Å². The normalized spacial score (nSPS) is 16.4. The molecule has 3 aromatic rings. The number of imidazole rings is 1. The minimum absolute atomic E-state index is 0.174. The van der Waals surface area contributed by atoms with Gasteiger partial charge in [0.2, 0.25) is 5.91 Å². The summed E-state index contributed by atoms with van der Waals surface area (Å²) in [4.78, 5) is 30.5. The second-order valence-corrected chi connectivity index (χ2v) is 7.31. The molecule has 0 radical (unpaired) electrons. The first-order valence-corrected chi connectivity index (χ1v) is 9.79. The van der Waals surface area contributed by atoms with Crippen molar-refractivity contribution in [3.05, 3.63) is 66.5 Å². The van der Waals surface area contributed by atoms with Gasteiger partial charge in [-0.25, -0.2) is 9.78 Å². The summed E-state index contributed by atoms with van der Waals surface area (Å²) in [5, 5.41) is 9.72. The van der Waals surface area contributed by atoms with E-state index in [2.05, 4.69) is 4.98 Å². The Kier molecular flexibility index (Phi) is 5.16. The van der Waals surface area contributed by atoms with Crippen molar-refractivity contribution < 1.29 is 14.7 Å². The van der Waals surface area contributed by atoms with Crippen LogP contribution in [0.5, 0.6) is 0 Å². The molecule has 148 valence electrons. The number of carboxylic acids is 1. The number of rotatable bonds is 6. The molecule has 1 atom stereocenters. The largest absolute Gasteiger partial charge is 0.478 e. The summed E-state index contributed by atoms with van der Waals surface area (Å²) in [6.07, 6.45) is 2.27. The standard InChI is InChI=1S/C23H23N3O3/c1-2-25-13-16(12-20(25)27)14-26-15-24-21(17-8-4-3-5-9-17)22(26)18-10-6-7-11-19(18)23(28)29/h3-11,15-16H,2,12-14H2,1H3,(H,28,29)/t16-/m0/s1. The molecule has 0 unspecified atom stereocenters. The van der Waals surface area contributed by atoms with Gasteiger partial charge in [-0.15, -0.1) is 0 Å². The molecule has 1 aliphatic heterocycles. The number of aromatic carboxylic acids is 1. The van der Waals surface area contributed by atoms with Crippen LogP contribution in [0.25, 0.3) is 22.5 Å². The maximum atomic E-state index is 12.2. The van der Waals surface area contributed by atoms with E-state index in [0.717, 1.165) is 17.0 Å². The highest BCUT2D eigenvalue weighted by Gasteiger charge is 2.30. The SMILES string of the molecule is CCN1C[C@@H](Cn2cnc(-c3ccccc3)c2-c2ccccc2C(=O)O)CC1=O. The average molecular weight is 389 g/mol. The number of amides is 1. The number of nitrogens with zero attached hydrogens (tertiary/aromatic N) is 3. The molecule has 1 aliphatic rings. The van der Waals surface area contributed by atoms with Crippen molar-refractivity contribution in [2.24, 2.45) is 5.92 Å². The summed E-state index contributed by atoms with van der Waals surface area (Å²) < 4.78 is 2.00. The average Bonchev–Trinajstić information content (AvgIpc) is 3.31. The number of hydrogen-bond acceptors (Lipinski definition) is 3. The zero-order valence-electron chi connectivity index (χ0n) is 16.3. The summed E-state index contributed by atoms with van der Waals surface area (Å²) in [7, 11) is 0. The predicted octanol–water partition coefficient (Wildman–Crippen LogP) is 3.78. The summed E-state index contributed by atoms with van der Waals surface area (Å²) in [6.45, 7) is 4.03. The second kappa shape index (κ2) is 7.91. The molecule has 1 amide bonds. The number of carboxylic acid groups (broad SMARTS) is 1. The summed E-state index contributed by atoms with van der Waals surface area (Å²) in [5.74, 6) is -0.620. The molecule has 1 fully saturated rings. The van der Waals surface area contributed by atoms with Crippen molar-refractivity contribution in [1.29, 1.82) is 0 Å². The maximum Gasteiger partial charge on any atom is 0.336 e. The molecule has 2 aromatic carbocycles. The Morgan fingerprint density at radius 1 is 1.14 bits per heavy atom. The van der Waals surface area contributed by atoms with E-state index in [-0.39, 0.29) is 17.4 Å². The van der Waals surface area contributed by atoms with Gasteiger partial charge >= 0.3 is 5.97 Å². The van der Waals surface area contributed by atoms with Gasteiger partial charge in [-0.05, 0) is 13.0 Å². The van der Waals surface area contributed by atoms with E-state index in [1.807, 2.05) is 58.9 Å². The van der Waals surface area contributed by atoms with Crippen molar-refractivity contribution in [3.63, 3.8) is 0 Å². The monoisotopic (exact) mass is 389 g/mol. The molecule has 0 aliphatic carbocycles. The Labute approximate surface area is 169 Å². The highest BCUT2D eigenvalue weighted by atomic mass is 16.4. The van der Waals surface area contributed by atoms with E-state index >= 15 is 0 Å². The molecule has 4 rings (SSSR count). The fourth-order valence-electron chi connectivity index (χ4n) is 4.05. The maximum absolute atomic E-state index is 12.2. The molecule has 29 heavy (non-hydrogen) atoms. The number of carbonyl (C=O) groups excluding carboxylic acids is 1. The van der Waals surface area contributed by atoms with Crippen LogP contribution in [-0.2, 0) is 11.3 Å². The van der Waals surface area contributed by atoms with Crippen molar-refractivity contribution in [1.82, 2.24) is 14.5 Å². The Morgan fingerprint density at radius 2 is 1.86 bits per heavy atom. The van der Waals surface area contributed by atoms with Gasteiger partial charge in [-0.1, -0.05) is 48.5 Å². The fourth-order valence-corrected chi connectivity index (χ4v) is 4.05. The minimum atomic E-state index is -0.972. The molecule has 1 N–H and O–H groups in total. The Hall–Kier alpha value is -3.41. The lowest BCUT2D eigenvalue weighted by Gasteiger charge is -2.17. The van der Waals surface area contributed by atoms with Crippen LogP contribution in [0.2, 0.25) is 0 Å². The summed E-state index contributed by atoms with van der Waals surface area (Å²) in [5.41, 5.74) is 3.32. The first-order chi connectivity index (χ1) is 14.1. The fraction of sp³-hybridized carbons (Fsp3) is 0.261. The number of hydrogen-bond donors (Lipinski definition) is 1. The van der Waals surface area contributed by atoms with Crippen molar-refractivity contribution in [3.8, 4) is 22.5 Å². The van der Waals surface area contributed by atoms with E-state index in [9.17, 15) is 14.7 Å². The van der Waals surface area contributed by atoms with Gasteiger partial charge in [0.05, 0.1) is 23.3 Å². The lowest BCUT2D eigenvalue weighted by Crippen LogP contribution is -2.25. The van der Waals surface area contributed by atoms with Crippen LogP contribution in [0, 0.1) is 5.92 Å². The van der Waals surface area contributed by atoms with E-state index in [0.29, 0.717) is 31.6 Å². The van der Waals surface area contributed by atoms with Crippen LogP contribution in [-0.4, -0.2) is 44.5 Å². The molecule has 1 aromatic heterocycles. The molecular formula is C23H23N3O3. The first kappa shape index (κ1) is 18.9. The Balaban J connectivity index is 1.80. The lowest BCUT2D eigenvalue weighted by atomic mass is 9.99. The van der Waals surface area contributed by atoms with Crippen LogP contribution < -0.4 is 0 Å². The quantitative estimate of drug-likeness (QED) is 0.696. The molecular weight excluding hydrogens is 366 g/mol. The van der Waals surface area contributed by atoms with Gasteiger partial charge in [-0.3, -0.25) is 4.79 Å². The highest BCUT2D eigenvalue weighted by Crippen LogP contribution is 2.34. The molecule has 6 nitrogen and oxygen atoms in total. The lowest BCUT2D eigenvalue weighted by molar-refractivity contribution is -0.127. The van der Waals surface area contributed by atoms with Gasteiger partial charge in [0.25, 0.3) is 0 Å². The topological polar surface area (TPSA) is 75.4 Å². The van der Waals surface area contributed by atoms with Crippen molar-refractivity contribution >= 4 is 11.9 Å². The van der Waals surface area contributed by atoms with Crippen LogP contribution in [0.3, 0.4) is 0 Å². The molecule has 0 saturated carbocycles. The van der Waals surface area contributed by atoms with E-state index in [1.54, 1.807) is 18.5 Å². The van der Waals surface area contributed by atoms with Crippen LogP contribution in [0.1, 0.15) is 23.7 Å². The molecule has 0 spiro atoms. The predicted molar refractivity (Wildman–Crippen MR) is 110 cm³/mol. The van der Waals surface area contributed by atoms with Crippen molar-refractivity contribution in [2.75, 3.05) is 13.1 Å². The second-order valence-electron chi connectivity index (χ2n) is 7.31. The van der Waals surface area contributed by atoms with Crippen LogP contribution in [0.4, 0.5) is 0 Å². The van der Waals surface area contributed by atoms with E-state index < -0.39 is 5.97 Å². The van der Waals surface area contributed by atoms with Gasteiger partial charge in [0, 0.05) is 43.1 Å². The third-order valence-electron chi connectivity index (χ3n) is 5.43. The van der Waals surface area contributed by atoms with Crippen LogP contribution >= 0.6 is 0 Å². The minimum Gasteiger partial charge on any atom is -0.478 e. The first-order valence-electron chi connectivity index (χ1n) is 9.79. The Morgan fingerprint density at radius 3 is 2.55 bits per heavy atom. The molecule has 1 saturated heterocycles. The zero-order valence-corrected chi connectivity index (χ0v) is 16.3. The van der Waals surface area contributed by atoms with Gasteiger partial charge in [0.1, 0.15) is 0 Å². The number of likely N-dealkylation sites (tertiary alicyclic amines) is 1. The summed E-state index contributed by atoms with van der Waals surface area (Å²) in [6, 6.07) is 16.8. The zero-order chi connectivity index (χ0) is 20.4. The van der Waals surface area contributed by atoms with Gasteiger partial charge < -0.3 is 14.6 Å². The van der Waals surface area contributed by atoms with E-state index in [1.165, 1.54) is 0 Å². The smallest absolute Gasteiger partial charge is 0.336 e. The summed E-state index contributed by atoms with van der Waals surface area (Å²) >= 11 is 0. The number of benzene rings is 2. The highest BCUT2D eigenvalue weighted by molar-refractivity contribution is 5.97. The molecule has 6 heteroatoms. The van der Waals surface area contributed by atoms with E-state index in [4.69, 9.17) is 0 Å².